The number of hydrogen-bond acceptors (Lipinski definition) is 3. The molecule has 2 rings (SSSR count). The number of piperidine rings is 1. The van der Waals surface area contributed by atoms with Gasteiger partial charge in [0.25, 0.3) is 0 Å². The number of rotatable bonds is 3. The monoisotopic (exact) mass is 303 g/mol. The van der Waals surface area contributed by atoms with E-state index in [4.69, 9.17) is 28.9 Å². The van der Waals surface area contributed by atoms with Crippen LogP contribution in [-0.4, -0.2) is 24.0 Å². The maximum atomic E-state index is 6.03. The van der Waals surface area contributed by atoms with Gasteiger partial charge in [0.1, 0.15) is 0 Å². The van der Waals surface area contributed by atoms with E-state index in [2.05, 4.69) is 11.8 Å². The SMILES string of the molecule is CC(N)C1CCN(Cc2ccc(Cl)c(Cl)c2)CC1.N. The number of likely N-dealkylation sites (tertiary alicyclic amines) is 1. The highest BCUT2D eigenvalue weighted by atomic mass is 35.5. The summed E-state index contributed by atoms with van der Waals surface area (Å²) < 4.78 is 0. The zero-order chi connectivity index (χ0) is 13.1. The zero-order valence-corrected chi connectivity index (χ0v) is 12.9. The van der Waals surface area contributed by atoms with E-state index in [1.165, 1.54) is 18.4 Å². The molecule has 1 atom stereocenters. The van der Waals surface area contributed by atoms with Crippen LogP contribution in [0.25, 0.3) is 0 Å². The maximum Gasteiger partial charge on any atom is 0.0595 e. The molecule has 1 aliphatic rings. The van der Waals surface area contributed by atoms with Gasteiger partial charge in [-0.05, 0) is 56.5 Å². The molecule has 3 nitrogen and oxygen atoms in total. The van der Waals surface area contributed by atoms with Crippen molar-refractivity contribution in [1.29, 1.82) is 0 Å². The largest absolute Gasteiger partial charge is 0.344 e. The number of halogens is 2. The van der Waals surface area contributed by atoms with Crippen LogP contribution in [0.1, 0.15) is 25.3 Å². The smallest absolute Gasteiger partial charge is 0.0595 e. The van der Waals surface area contributed by atoms with Gasteiger partial charge < -0.3 is 11.9 Å². The van der Waals surface area contributed by atoms with Crippen molar-refractivity contribution >= 4 is 23.2 Å². The van der Waals surface area contributed by atoms with Crippen molar-refractivity contribution in [2.75, 3.05) is 13.1 Å². The molecule has 0 amide bonds. The summed E-state index contributed by atoms with van der Waals surface area (Å²) >= 11 is 11.9. The Morgan fingerprint density at radius 2 is 1.89 bits per heavy atom. The third kappa shape index (κ3) is 4.62. The second-order valence-electron chi connectivity index (χ2n) is 5.22. The molecule has 5 N–H and O–H groups in total. The molecule has 1 aromatic carbocycles. The van der Waals surface area contributed by atoms with Crippen LogP contribution in [0.15, 0.2) is 18.2 Å². The molecule has 0 radical (unpaired) electrons. The van der Waals surface area contributed by atoms with Crippen molar-refractivity contribution in [3.8, 4) is 0 Å². The van der Waals surface area contributed by atoms with Crippen molar-refractivity contribution in [3.63, 3.8) is 0 Å². The lowest BCUT2D eigenvalue weighted by Gasteiger charge is -2.33. The maximum absolute atomic E-state index is 6.03. The Morgan fingerprint density at radius 1 is 1.26 bits per heavy atom. The van der Waals surface area contributed by atoms with Crippen molar-refractivity contribution in [3.05, 3.63) is 33.8 Å². The first-order chi connectivity index (χ1) is 8.56. The number of nitrogens with two attached hydrogens (primary N) is 1. The molecule has 0 spiro atoms. The lowest BCUT2D eigenvalue weighted by Crippen LogP contribution is -2.39. The van der Waals surface area contributed by atoms with Crippen LogP contribution >= 0.6 is 23.2 Å². The molecule has 0 saturated carbocycles. The average Bonchev–Trinajstić information content (AvgIpc) is 2.34. The molecule has 5 heteroatoms. The summed E-state index contributed by atoms with van der Waals surface area (Å²) in [6, 6.07) is 6.19. The standard InChI is InChI=1S/C14H20Cl2N2.H3N/c1-10(17)12-4-6-18(7-5-12)9-11-2-3-13(15)14(16)8-11;/h2-3,8,10,12H,4-7,9,17H2,1H3;1H3. The van der Waals surface area contributed by atoms with Gasteiger partial charge in [-0.3, -0.25) is 4.90 Å². The Kier molecular flexibility index (Phi) is 6.57. The van der Waals surface area contributed by atoms with Crippen LogP contribution in [-0.2, 0) is 6.54 Å². The van der Waals surface area contributed by atoms with E-state index < -0.39 is 0 Å². The Balaban J connectivity index is 0.00000180. The lowest BCUT2D eigenvalue weighted by atomic mass is 9.91. The van der Waals surface area contributed by atoms with Gasteiger partial charge in [0.05, 0.1) is 10.0 Å². The number of hydrogen-bond donors (Lipinski definition) is 2. The second kappa shape index (κ2) is 7.46. The third-order valence-corrected chi connectivity index (χ3v) is 4.51. The highest BCUT2D eigenvalue weighted by Crippen LogP contribution is 2.25. The van der Waals surface area contributed by atoms with Crippen molar-refractivity contribution in [1.82, 2.24) is 11.1 Å². The minimum Gasteiger partial charge on any atom is -0.344 e. The topological polar surface area (TPSA) is 64.3 Å². The van der Waals surface area contributed by atoms with Crippen LogP contribution in [0.3, 0.4) is 0 Å². The summed E-state index contributed by atoms with van der Waals surface area (Å²) in [5, 5.41) is 1.26. The molecule has 1 heterocycles. The second-order valence-corrected chi connectivity index (χ2v) is 6.04. The minimum absolute atomic E-state index is 0. The van der Waals surface area contributed by atoms with Crippen LogP contribution in [0, 0.1) is 5.92 Å². The van der Waals surface area contributed by atoms with E-state index in [-0.39, 0.29) is 6.15 Å². The predicted octanol–water partition coefficient (Wildman–Crippen LogP) is 3.71. The van der Waals surface area contributed by atoms with E-state index in [9.17, 15) is 0 Å². The molecule has 108 valence electrons. The van der Waals surface area contributed by atoms with Crippen LogP contribution in [0.2, 0.25) is 10.0 Å². The summed E-state index contributed by atoms with van der Waals surface area (Å²) in [6.45, 7) is 5.29. The van der Waals surface area contributed by atoms with E-state index in [1.807, 2.05) is 18.2 Å². The molecule has 0 aromatic heterocycles. The summed E-state index contributed by atoms with van der Waals surface area (Å²) in [4.78, 5) is 2.46. The van der Waals surface area contributed by atoms with Crippen molar-refractivity contribution < 1.29 is 0 Å². The summed E-state index contributed by atoms with van der Waals surface area (Å²) in [5.74, 6) is 0.676. The third-order valence-electron chi connectivity index (χ3n) is 3.77. The molecular weight excluding hydrogens is 281 g/mol. The van der Waals surface area contributed by atoms with Gasteiger partial charge in [-0.2, -0.15) is 0 Å². The normalized spacial score (nSPS) is 18.9. The molecule has 1 saturated heterocycles. The van der Waals surface area contributed by atoms with Gasteiger partial charge in [0.15, 0.2) is 0 Å². The van der Waals surface area contributed by atoms with Gasteiger partial charge in [-0.25, -0.2) is 0 Å². The Hall–Kier alpha value is -0.320. The Bertz CT molecular complexity index is 402. The van der Waals surface area contributed by atoms with Gasteiger partial charge in [-0.1, -0.05) is 29.3 Å². The molecule has 1 unspecified atom stereocenters. The zero-order valence-electron chi connectivity index (χ0n) is 11.4. The first-order valence-corrected chi connectivity index (χ1v) is 7.23. The first kappa shape index (κ1) is 16.7. The fourth-order valence-corrected chi connectivity index (χ4v) is 2.85. The number of nitrogens with zero attached hydrogens (tertiary/aromatic N) is 1. The lowest BCUT2D eigenvalue weighted by molar-refractivity contribution is 0.166. The van der Waals surface area contributed by atoms with Crippen molar-refractivity contribution in [2.45, 2.75) is 32.4 Å². The van der Waals surface area contributed by atoms with Crippen molar-refractivity contribution in [2.24, 2.45) is 11.7 Å². The van der Waals surface area contributed by atoms with E-state index >= 15 is 0 Å². The molecule has 0 aliphatic carbocycles. The summed E-state index contributed by atoms with van der Waals surface area (Å²) in [6.07, 6.45) is 2.39. The highest BCUT2D eigenvalue weighted by Gasteiger charge is 2.21. The fourth-order valence-electron chi connectivity index (χ4n) is 2.53. The molecule has 1 aromatic rings. The molecule has 1 aliphatic heterocycles. The molecule has 19 heavy (non-hydrogen) atoms. The molecular formula is C14H23Cl2N3. The first-order valence-electron chi connectivity index (χ1n) is 6.48. The van der Waals surface area contributed by atoms with E-state index in [0.29, 0.717) is 22.0 Å². The highest BCUT2D eigenvalue weighted by molar-refractivity contribution is 6.42. The summed E-state index contributed by atoms with van der Waals surface area (Å²) in [5.41, 5.74) is 7.18. The fraction of sp³-hybridized carbons (Fsp3) is 0.571. The Labute approximate surface area is 125 Å². The van der Waals surface area contributed by atoms with Gasteiger partial charge >= 0.3 is 0 Å². The van der Waals surface area contributed by atoms with Crippen LogP contribution in [0.4, 0.5) is 0 Å². The molecule has 0 bridgehead atoms. The summed E-state index contributed by atoms with van der Waals surface area (Å²) in [7, 11) is 0. The molecule has 1 fully saturated rings. The van der Waals surface area contributed by atoms with Crippen LogP contribution < -0.4 is 11.9 Å². The Morgan fingerprint density at radius 3 is 2.42 bits per heavy atom. The predicted molar refractivity (Wildman–Crippen MR) is 83.1 cm³/mol. The van der Waals surface area contributed by atoms with Gasteiger partial charge in [0, 0.05) is 12.6 Å². The minimum atomic E-state index is 0. The quantitative estimate of drug-likeness (QED) is 0.894. The average molecular weight is 304 g/mol. The number of benzene rings is 1. The van der Waals surface area contributed by atoms with E-state index in [0.717, 1.165) is 19.6 Å². The van der Waals surface area contributed by atoms with Gasteiger partial charge in [0.2, 0.25) is 0 Å². The van der Waals surface area contributed by atoms with E-state index in [1.54, 1.807) is 0 Å². The van der Waals surface area contributed by atoms with Crippen LogP contribution in [0.5, 0.6) is 0 Å². The van der Waals surface area contributed by atoms with Gasteiger partial charge in [-0.15, -0.1) is 0 Å².